The van der Waals surface area contributed by atoms with E-state index in [0.717, 1.165) is 59.3 Å². The molecule has 0 bridgehead atoms. The molecule has 4 rings (SSSR count). The van der Waals surface area contributed by atoms with Gasteiger partial charge in [0.15, 0.2) is 5.82 Å². The van der Waals surface area contributed by atoms with Crippen LogP contribution in [0.5, 0.6) is 5.75 Å². The lowest BCUT2D eigenvalue weighted by Crippen LogP contribution is -2.24. The molecule has 0 saturated carbocycles. The molecule has 0 N–H and O–H groups in total. The Morgan fingerprint density at radius 2 is 1.76 bits per heavy atom. The molecule has 3 aromatic rings. The standard InChI is InChI=1S/C24H26N4O/c1-27(2)16-7-17-28-22-10-5-4-8-20(22)23(18-11-13-19(29-3)14-12-18)26-21-9-6-15-25-24(21)28/h4-6,8-15H,7,16-17H2,1-3H3. The van der Waals surface area contributed by atoms with Crippen molar-refractivity contribution in [2.75, 3.05) is 39.2 Å². The highest BCUT2D eigenvalue weighted by molar-refractivity contribution is 6.18. The Morgan fingerprint density at radius 1 is 0.966 bits per heavy atom. The van der Waals surface area contributed by atoms with Crippen molar-refractivity contribution in [3.05, 3.63) is 78.0 Å². The summed E-state index contributed by atoms with van der Waals surface area (Å²) in [4.78, 5) is 14.3. The molecule has 5 heteroatoms. The highest BCUT2D eigenvalue weighted by atomic mass is 16.5. The van der Waals surface area contributed by atoms with Crippen LogP contribution in [0.25, 0.3) is 0 Å². The minimum atomic E-state index is 0.837. The first kappa shape index (κ1) is 19.2. The van der Waals surface area contributed by atoms with E-state index in [1.807, 2.05) is 30.5 Å². The average molecular weight is 386 g/mol. The van der Waals surface area contributed by atoms with Gasteiger partial charge in [0.1, 0.15) is 11.4 Å². The second-order valence-electron chi connectivity index (χ2n) is 7.36. The van der Waals surface area contributed by atoms with Gasteiger partial charge in [0.25, 0.3) is 0 Å². The molecule has 148 valence electrons. The quantitative estimate of drug-likeness (QED) is 0.618. The number of rotatable bonds is 6. The molecule has 2 aromatic carbocycles. The van der Waals surface area contributed by atoms with Crippen LogP contribution in [-0.2, 0) is 0 Å². The number of anilines is 2. The molecule has 0 saturated heterocycles. The minimum absolute atomic E-state index is 0.837. The Balaban J connectivity index is 1.83. The third-order valence-electron chi connectivity index (χ3n) is 5.05. The molecule has 0 fully saturated rings. The van der Waals surface area contributed by atoms with E-state index >= 15 is 0 Å². The summed E-state index contributed by atoms with van der Waals surface area (Å²) < 4.78 is 5.33. The molecule has 29 heavy (non-hydrogen) atoms. The summed E-state index contributed by atoms with van der Waals surface area (Å²) in [6.07, 6.45) is 2.88. The van der Waals surface area contributed by atoms with E-state index < -0.39 is 0 Å². The fraction of sp³-hybridized carbons (Fsp3) is 0.250. The second kappa shape index (κ2) is 8.45. The van der Waals surface area contributed by atoms with Gasteiger partial charge in [-0.05, 0) is 69.5 Å². The number of ether oxygens (including phenoxy) is 1. The molecule has 0 spiro atoms. The summed E-state index contributed by atoms with van der Waals surface area (Å²) in [6.45, 7) is 1.90. The average Bonchev–Trinajstić information content (AvgIpc) is 2.89. The van der Waals surface area contributed by atoms with Gasteiger partial charge in [0.05, 0.1) is 18.5 Å². The molecule has 0 atom stereocenters. The summed E-state index contributed by atoms with van der Waals surface area (Å²) in [5.41, 5.74) is 5.15. The van der Waals surface area contributed by atoms with Crippen LogP contribution in [0, 0.1) is 0 Å². The van der Waals surface area contributed by atoms with Gasteiger partial charge in [-0.2, -0.15) is 0 Å². The van der Waals surface area contributed by atoms with Gasteiger partial charge in [-0.3, -0.25) is 0 Å². The third-order valence-corrected chi connectivity index (χ3v) is 5.05. The number of aromatic nitrogens is 1. The zero-order chi connectivity index (χ0) is 20.2. The zero-order valence-corrected chi connectivity index (χ0v) is 17.2. The van der Waals surface area contributed by atoms with E-state index in [2.05, 4.69) is 60.3 Å². The number of fused-ring (bicyclic) bond motifs is 2. The normalized spacial score (nSPS) is 12.8. The van der Waals surface area contributed by atoms with Crippen LogP contribution < -0.4 is 9.64 Å². The van der Waals surface area contributed by atoms with E-state index in [9.17, 15) is 0 Å². The topological polar surface area (TPSA) is 41.0 Å². The van der Waals surface area contributed by atoms with Crippen molar-refractivity contribution in [2.45, 2.75) is 6.42 Å². The lowest BCUT2D eigenvalue weighted by Gasteiger charge is -2.26. The van der Waals surface area contributed by atoms with Crippen molar-refractivity contribution in [3.8, 4) is 5.75 Å². The summed E-state index contributed by atoms with van der Waals surface area (Å²) in [7, 11) is 5.89. The molecular weight excluding hydrogens is 360 g/mol. The van der Waals surface area contributed by atoms with Gasteiger partial charge in [-0.1, -0.05) is 18.2 Å². The van der Waals surface area contributed by atoms with Crippen LogP contribution in [0.1, 0.15) is 17.5 Å². The number of hydrogen-bond acceptors (Lipinski definition) is 5. The molecule has 1 aromatic heterocycles. The highest BCUT2D eigenvalue weighted by Crippen LogP contribution is 2.39. The van der Waals surface area contributed by atoms with Gasteiger partial charge >= 0.3 is 0 Å². The van der Waals surface area contributed by atoms with Crippen LogP contribution in [-0.4, -0.2) is 49.9 Å². The SMILES string of the molecule is COc1ccc(C2=Nc3cccnc3N(CCCN(C)C)c3ccccc32)cc1. The van der Waals surface area contributed by atoms with E-state index in [0.29, 0.717) is 0 Å². The second-order valence-corrected chi connectivity index (χ2v) is 7.36. The van der Waals surface area contributed by atoms with Crippen molar-refractivity contribution in [1.29, 1.82) is 0 Å². The Morgan fingerprint density at radius 3 is 2.52 bits per heavy atom. The van der Waals surface area contributed by atoms with Crippen molar-refractivity contribution >= 4 is 22.9 Å². The summed E-state index contributed by atoms with van der Waals surface area (Å²) >= 11 is 0. The molecule has 2 heterocycles. The summed E-state index contributed by atoms with van der Waals surface area (Å²) in [5.74, 6) is 1.74. The molecule has 1 aliphatic heterocycles. The lowest BCUT2D eigenvalue weighted by molar-refractivity contribution is 0.402. The van der Waals surface area contributed by atoms with Crippen molar-refractivity contribution in [1.82, 2.24) is 9.88 Å². The van der Waals surface area contributed by atoms with Crippen LogP contribution in [0.15, 0.2) is 71.9 Å². The number of methoxy groups -OCH3 is 1. The maximum Gasteiger partial charge on any atom is 0.159 e. The largest absolute Gasteiger partial charge is 0.497 e. The van der Waals surface area contributed by atoms with Gasteiger partial charge in [-0.15, -0.1) is 0 Å². The number of nitrogens with zero attached hydrogens (tertiary/aromatic N) is 4. The van der Waals surface area contributed by atoms with Crippen molar-refractivity contribution in [2.24, 2.45) is 4.99 Å². The van der Waals surface area contributed by atoms with Gasteiger partial charge in [0.2, 0.25) is 0 Å². The first-order valence-electron chi connectivity index (χ1n) is 9.87. The van der Waals surface area contributed by atoms with Gasteiger partial charge < -0.3 is 14.5 Å². The molecular formula is C24H26N4O. The predicted molar refractivity (Wildman–Crippen MR) is 119 cm³/mol. The first-order valence-corrected chi connectivity index (χ1v) is 9.87. The van der Waals surface area contributed by atoms with Crippen molar-refractivity contribution in [3.63, 3.8) is 0 Å². The van der Waals surface area contributed by atoms with Crippen LogP contribution >= 0.6 is 0 Å². The Kier molecular flexibility index (Phi) is 5.58. The highest BCUT2D eigenvalue weighted by Gasteiger charge is 2.24. The number of pyridine rings is 1. The molecule has 0 amide bonds. The molecule has 0 unspecified atom stereocenters. The molecule has 0 radical (unpaired) electrons. The molecule has 1 aliphatic rings. The Hall–Kier alpha value is -3.18. The van der Waals surface area contributed by atoms with Crippen LogP contribution in [0.4, 0.5) is 17.2 Å². The van der Waals surface area contributed by atoms with E-state index in [1.165, 1.54) is 0 Å². The first-order chi connectivity index (χ1) is 14.2. The minimum Gasteiger partial charge on any atom is -0.497 e. The zero-order valence-electron chi connectivity index (χ0n) is 17.2. The Bertz CT molecular complexity index is 1010. The number of aliphatic imine (C=N–C) groups is 1. The lowest BCUT2D eigenvalue weighted by atomic mass is 10.00. The van der Waals surface area contributed by atoms with Gasteiger partial charge in [-0.25, -0.2) is 9.98 Å². The van der Waals surface area contributed by atoms with Crippen LogP contribution in [0.3, 0.4) is 0 Å². The van der Waals surface area contributed by atoms with E-state index in [1.54, 1.807) is 7.11 Å². The number of hydrogen-bond donors (Lipinski definition) is 0. The van der Waals surface area contributed by atoms with E-state index in [-0.39, 0.29) is 0 Å². The summed E-state index contributed by atoms with van der Waals surface area (Å²) in [5, 5.41) is 0. The van der Waals surface area contributed by atoms with E-state index in [4.69, 9.17) is 14.7 Å². The van der Waals surface area contributed by atoms with Crippen LogP contribution in [0.2, 0.25) is 0 Å². The molecule has 5 nitrogen and oxygen atoms in total. The van der Waals surface area contributed by atoms with Gasteiger partial charge in [0, 0.05) is 23.9 Å². The predicted octanol–water partition coefficient (Wildman–Crippen LogP) is 4.66. The maximum absolute atomic E-state index is 5.33. The number of benzene rings is 2. The Labute approximate surface area is 172 Å². The summed E-state index contributed by atoms with van der Waals surface area (Å²) in [6, 6.07) is 20.5. The smallest absolute Gasteiger partial charge is 0.159 e. The third kappa shape index (κ3) is 4.00. The number of para-hydroxylation sites is 1. The maximum atomic E-state index is 5.33. The monoisotopic (exact) mass is 386 g/mol. The fourth-order valence-electron chi connectivity index (χ4n) is 3.63. The van der Waals surface area contributed by atoms with Crippen molar-refractivity contribution < 1.29 is 4.74 Å². The fourth-order valence-corrected chi connectivity index (χ4v) is 3.63. The molecule has 0 aliphatic carbocycles.